The fraction of sp³-hybridized carbons (Fsp3) is 0.125. The molecule has 0 aliphatic heterocycles. The third kappa shape index (κ3) is 2.16. The van der Waals surface area contributed by atoms with E-state index in [0.29, 0.717) is 0 Å². The van der Waals surface area contributed by atoms with Crippen molar-refractivity contribution in [3.63, 3.8) is 0 Å². The van der Waals surface area contributed by atoms with Crippen LogP contribution >= 0.6 is 0 Å². The van der Waals surface area contributed by atoms with Crippen LogP contribution in [-0.2, 0) is 7.05 Å². The first-order valence-corrected chi connectivity index (χ1v) is 4.32. The summed E-state index contributed by atoms with van der Waals surface area (Å²) in [5.41, 5.74) is 0.217. The molecule has 0 saturated heterocycles. The van der Waals surface area contributed by atoms with E-state index < -0.39 is 11.9 Å². The number of carbonyl (C=O) groups excluding carboxylic acids is 1. The lowest BCUT2D eigenvalue weighted by Gasteiger charge is -1.98. The molecule has 2 rings (SSSR count). The average molecular weight is 222 g/mol. The highest BCUT2D eigenvalue weighted by atomic mass is 19.1. The molecule has 2 aromatic rings. The van der Waals surface area contributed by atoms with Crippen LogP contribution in [0, 0.1) is 5.95 Å². The Morgan fingerprint density at radius 3 is 2.88 bits per heavy atom. The van der Waals surface area contributed by atoms with Gasteiger partial charge in [-0.15, -0.1) is 5.10 Å². The molecule has 0 saturated carbocycles. The summed E-state index contributed by atoms with van der Waals surface area (Å²) in [4.78, 5) is 16.1. The number of aromatic nitrogens is 5. The number of amides is 1. The smallest absolute Gasteiger partial charge is 0.270 e. The minimum absolute atomic E-state index is 0.0804. The maximum atomic E-state index is 12.5. The fourth-order valence-electron chi connectivity index (χ4n) is 1.02. The molecule has 8 heteroatoms. The number of anilines is 1. The number of nitrogens with one attached hydrogen (secondary N) is 1. The number of hydrogen-bond donors (Lipinski definition) is 1. The van der Waals surface area contributed by atoms with Gasteiger partial charge in [0.2, 0.25) is 5.95 Å². The molecule has 0 unspecified atom stereocenters. The Hall–Kier alpha value is -2.38. The summed E-state index contributed by atoms with van der Waals surface area (Å²) >= 11 is 0. The number of rotatable bonds is 2. The second-order valence-electron chi connectivity index (χ2n) is 2.93. The van der Waals surface area contributed by atoms with Gasteiger partial charge < -0.3 is 0 Å². The number of carbonyl (C=O) groups is 1. The lowest BCUT2D eigenvalue weighted by Crippen LogP contribution is -2.13. The number of aryl methyl sites for hydroxylation is 1. The summed E-state index contributed by atoms with van der Waals surface area (Å²) in [6, 6.07) is 2.41. The second kappa shape index (κ2) is 4.01. The van der Waals surface area contributed by atoms with Gasteiger partial charge in [-0.1, -0.05) is 5.10 Å². The molecule has 0 aromatic carbocycles. The summed E-state index contributed by atoms with van der Waals surface area (Å²) in [5.74, 6) is -1.04. The van der Waals surface area contributed by atoms with Gasteiger partial charge in [0, 0.05) is 6.20 Å². The third-order valence-corrected chi connectivity index (χ3v) is 1.72. The predicted molar refractivity (Wildman–Crippen MR) is 50.9 cm³/mol. The van der Waals surface area contributed by atoms with Crippen LogP contribution in [0.15, 0.2) is 18.3 Å². The molecule has 0 atom stereocenters. The fourth-order valence-corrected chi connectivity index (χ4v) is 1.02. The summed E-state index contributed by atoms with van der Waals surface area (Å²) in [7, 11) is 1.57. The van der Waals surface area contributed by atoms with Gasteiger partial charge in [-0.05, 0) is 17.3 Å². The Labute approximate surface area is 89.3 Å². The monoisotopic (exact) mass is 222 g/mol. The predicted octanol–water partition coefficient (Wildman–Crippen LogP) is -0.00350. The van der Waals surface area contributed by atoms with Crippen LogP contribution < -0.4 is 5.32 Å². The van der Waals surface area contributed by atoms with Gasteiger partial charge >= 0.3 is 0 Å². The maximum absolute atomic E-state index is 12.5. The van der Waals surface area contributed by atoms with Crippen molar-refractivity contribution < 1.29 is 9.18 Å². The molecule has 16 heavy (non-hydrogen) atoms. The molecule has 1 N–H and O–H groups in total. The highest BCUT2D eigenvalue weighted by molar-refractivity contribution is 6.02. The topological polar surface area (TPSA) is 85.6 Å². The van der Waals surface area contributed by atoms with E-state index in [9.17, 15) is 9.18 Å². The van der Waals surface area contributed by atoms with Crippen LogP contribution in [0.1, 0.15) is 10.4 Å². The van der Waals surface area contributed by atoms with Gasteiger partial charge in [0.25, 0.3) is 11.9 Å². The quantitative estimate of drug-likeness (QED) is 0.722. The summed E-state index contributed by atoms with van der Waals surface area (Å²) in [6.07, 6.45) is 1.13. The van der Waals surface area contributed by atoms with Gasteiger partial charge in [0.1, 0.15) is 0 Å². The molecular formula is C8H7FN6O. The minimum Gasteiger partial charge on any atom is -0.288 e. The summed E-state index contributed by atoms with van der Waals surface area (Å²) < 4.78 is 12.5. The number of tetrazole rings is 1. The van der Waals surface area contributed by atoms with Crippen molar-refractivity contribution in [3.8, 4) is 0 Å². The SMILES string of the molecule is Cn1nnc(NC(=O)c2ccc(F)nc2)n1. The van der Waals surface area contributed by atoms with E-state index >= 15 is 0 Å². The number of halogens is 1. The second-order valence-corrected chi connectivity index (χ2v) is 2.93. The van der Waals surface area contributed by atoms with E-state index in [0.717, 1.165) is 12.3 Å². The molecule has 0 fully saturated rings. The van der Waals surface area contributed by atoms with Crippen LogP contribution in [0.3, 0.4) is 0 Å². The molecule has 0 bridgehead atoms. The van der Waals surface area contributed by atoms with Crippen LogP contribution in [0.5, 0.6) is 0 Å². The van der Waals surface area contributed by atoms with Gasteiger partial charge in [0.05, 0.1) is 12.6 Å². The van der Waals surface area contributed by atoms with Crippen molar-refractivity contribution in [1.29, 1.82) is 0 Å². The van der Waals surface area contributed by atoms with E-state index in [4.69, 9.17) is 0 Å². The molecule has 0 radical (unpaired) electrons. The van der Waals surface area contributed by atoms with Gasteiger partial charge in [-0.2, -0.15) is 9.19 Å². The van der Waals surface area contributed by atoms with Crippen molar-refractivity contribution in [3.05, 3.63) is 29.8 Å². The van der Waals surface area contributed by atoms with Crippen molar-refractivity contribution in [2.24, 2.45) is 7.05 Å². The van der Waals surface area contributed by atoms with Crippen LogP contribution in [-0.4, -0.2) is 31.1 Å². The lowest BCUT2D eigenvalue weighted by atomic mass is 10.3. The highest BCUT2D eigenvalue weighted by Crippen LogP contribution is 2.02. The Balaban J connectivity index is 2.11. The van der Waals surface area contributed by atoms with E-state index in [1.165, 1.54) is 10.9 Å². The number of nitrogens with zero attached hydrogens (tertiary/aromatic N) is 5. The average Bonchev–Trinajstić information content (AvgIpc) is 2.65. The Kier molecular flexibility index (Phi) is 2.54. The first-order valence-electron chi connectivity index (χ1n) is 4.32. The molecule has 1 amide bonds. The van der Waals surface area contributed by atoms with Crippen molar-refractivity contribution in [2.45, 2.75) is 0 Å². The Bertz CT molecular complexity index is 508. The molecule has 7 nitrogen and oxygen atoms in total. The zero-order valence-electron chi connectivity index (χ0n) is 8.25. The first-order chi connectivity index (χ1) is 7.65. The van der Waals surface area contributed by atoms with Crippen molar-refractivity contribution in [2.75, 3.05) is 5.32 Å². The van der Waals surface area contributed by atoms with Crippen LogP contribution in [0.4, 0.5) is 10.3 Å². The zero-order chi connectivity index (χ0) is 11.5. The normalized spacial score (nSPS) is 10.1. The number of pyridine rings is 1. The van der Waals surface area contributed by atoms with Gasteiger partial charge in [0.15, 0.2) is 0 Å². The van der Waals surface area contributed by atoms with E-state index in [-0.39, 0.29) is 11.5 Å². The highest BCUT2D eigenvalue weighted by Gasteiger charge is 2.09. The molecule has 2 aromatic heterocycles. The molecular weight excluding hydrogens is 215 g/mol. The first kappa shape index (κ1) is 10.1. The third-order valence-electron chi connectivity index (χ3n) is 1.72. The summed E-state index contributed by atoms with van der Waals surface area (Å²) in [5, 5.41) is 13.3. The zero-order valence-corrected chi connectivity index (χ0v) is 8.25. The maximum Gasteiger partial charge on any atom is 0.270 e. The largest absolute Gasteiger partial charge is 0.288 e. The molecule has 82 valence electrons. The molecule has 0 aliphatic carbocycles. The van der Waals surface area contributed by atoms with E-state index in [1.54, 1.807) is 7.05 Å². The van der Waals surface area contributed by atoms with Crippen molar-refractivity contribution in [1.82, 2.24) is 25.2 Å². The molecule has 2 heterocycles. The van der Waals surface area contributed by atoms with Gasteiger partial charge in [-0.3, -0.25) is 10.1 Å². The standard InChI is InChI=1S/C8H7FN6O/c1-15-13-8(12-14-15)11-7(16)5-2-3-6(9)10-4-5/h2-4H,1H3,(H,11,13,16). The van der Waals surface area contributed by atoms with E-state index in [1.807, 2.05) is 0 Å². The van der Waals surface area contributed by atoms with E-state index in [2.05, 4.69) is 25.7 Å². The van der Waals surface area contributed by atoms with Crippen molar-refractivity contribution >= 4 is 11.9 Å². The molecule has 0 aliphatic rings. The molecule has 0 spiro atoms. The summed E-state index contributed by atoms with van der Waals surface area (Å²) in [6.45, 7) is 0. The minimum atomic E-state index is -0.644. The lowest BCUT2D eigenvalue weighted by molar-refractivity contribution is 0.102. The van der Waals surface area contributed by atoms with Crippen LogP contribution in [0.25, 0.3) is 0 Å². The Morgan fingerprint density at radius 1 is 1.50 bits per heavy atom. The Morgan fingerprint density at radius 2 is 2.31 bits per heavy atom. The van der Waals surface area contributed by atoms with Crippen LogP contribution in [0.2, 0.25) is 0 Å². The number of hydrogen-bond acceptors (Lipinski definition) is 5. The van der Waals surface area contributed by atoms with Gasteiger partial charge in [-0.25, -0.2) is 4.98 Å².